The van der Waals surface area contributed by atoms with E-state index in [9.17, 15) is 19.2 Å². The number of halogens is 1. The highest BCUT2D eigenvalue weighted by Gasteiger charge is 2.52. The number of carbonyl (C=O) groups is 4. The number of hydrogen-bond acceptors (Lipinski definition) is 4. The van der Waals surface area contributed by atoms with E-state index in [1.165, 1.54) is 0 Å². The molecule has 0 heterocycles. The van der Waals surface area contributed by atoms with E-state index in [1.807, 2.05) is 52.0 Å². The van der Waals surface area contributed by atoms with Crippen molar-refractivity contribution in [3.8, 4) is 0 Å². The first-order chi connectivity index (χ1) is 12.9. The summed E-state index contributed by atoms with van der Waals surface area (Å²) in [5, 5.41) is 0. The number of hydrogen-bond donors (Lipinski definition) is 0. The third kappa shape index (κ3) is 4.29. The Balaban J connectivity index is 2.07. The van der Waals surface area contributed by atoms with Gasteiger partial charge in [-0.1, -0.05) is 39.8 Å². The molecule has 5 heteroatoms. The molecule has 2 saturated carbocycles. The van der Waals surface area contributed by atoms with Gasteiger partial charge in [0.1, 0.15) is 23.1 Å². The standard InChI is InChI=1S/C23H27IO4/c1-22(2)9-15(25)20(16(26)10-22)19(13-5-7-14(24)8-6-13)21-17(27)11-23(3,4)12-18(21)28/h5-8,19-21H,9-12H2,1-4H3. The summed E-state index contributed by atoms with van der Waals surface area (Å²) in [7, 11) is 0. The molecule has 0 amide bonds. The van der Waals surface area contributed by atoms with Crippen LogP contribution < -0.4 is 0 Å². The zero-order chi connectivity index (χ0) is 20.9. The molecule has 3 rings (SSSR count). The molecule has 0 radical (unpaired) electrons. The molecule has 0 N–H and O–H groups in total. The maximum absolute atomic E-state index is 13.0. The van der Waals surface area contributed by atoms with Crippen LogP contribution in [0.2, 0.25) is 0 Å². The Labute approximate surface area is 180 Å². The van der Waals surface area contributed by atoms with E-state index in [-0.39, 0.29) is 34.0 Å². The maximum Gasteiger partial charge on any atom is 0.144 e. The van der Waals surface area contributed by atoms with Crippen molar-refractivity contribution in [2.45, 2.75) is 59.3 Å². The minimum Gasteiger partial charge on any atom is -0.299 e. The van der Waals surface area contributed by atoms with Crippen molar-refractivity contribution >= 4 is 45.7 Å². The minimum absolute atomic E-state index is 0.143. The second kappa shape index (κ2) is 7.47. The van der Waals surface area contributed by atoms with E-state index in [0.717, 1.165) is 9.13 Å². The van der Waals surface area contributed by atoms with Gasteiger partial charge in [0.25, 0.3) is 0 Å². The van der Waals surface area contributed by atoms with Gasteiger partial charge < -0.3 is 0 Å². The molecular formula is C23H27IO4. The Bertz CT molecular complexity index is 747. The van der Waals surface area contributed by atoms with Crippen molar-refractivity contribution in [1.29, 1.82) is 0 Å². The molecule has 2 aliphatic rings. The lowest BCUT2D eigenvalue weighted by Gasteiger charge is -2.41. The Morgan fingerprint density at radius 1 is 0.714 bits per heavy atom. The molecule has 0 spiro atoms. The van der Waals surface area contributed by atoms with Gasteiger partial charge in [0.2, 0.25) is 0 Å². The van der Waals surface area contributed by atoms with E-state index in [2.05, 4.69) is 22.6 Å². The fourth-order valence-corrected chi connectivity index (χ4v) is 5.23. The molecule has 0 unspecified atom stereocenters. The van der Waals surface area contributed by atoms with Crippen molar-refractivity contribution in [3.63, 3.8) is 0 Å². The van der Waals surface area contributed by atoms with Crippen molar-refractivity contribution in [2.24, 2.45) is 22.7 Å². The summed E-state index contributed by atoms with van der Waals surface area (Å²) in [5.74, 6) is -3.08. The predicted molar refractivity (Wildman–Crippen MR) is 115 cm³/mol. The van der Waals surface area contributed by atoms with Gasteiger partial charge >= 0.3 is 0 Å². The van der Waals surface area contributed by atoms with E-state index < -0.39 is 17.8 Å². The molecule has 150 valence electrons. The van der Waals surface area contributed by atoms with Gasteiger partial charge in [-0.05, 0) is 51.1 Å². The number of ketones is 4. The van der Waals surface area contributed by atoms with Crippen LogP contribution in [0.5, 0.6) is 0 Å². The third-order valence-corrected chi connectivity index (χ3v) is 6.69. The second-order valence-corrected chi connectivity index (χ2v) is 11.2. The first-order valence-corrected chi connectivity index (χ1v) is 10.8. The Morgan fingerprint density at radius 2 is 1.04 bits per heavy atom. The van der Waals surface area contributed by atoms with Crippen LogP contribution in [0.4, 0.5) is 0 Å². The van der Waals surface area contributed by atoms with Crippen LogP contribution in [-0.4, -0.2) is 23.1 Å². The number of Topliss-reactive ketones (excluding diaryl/α,β-unsaturated/α-hetero) is 4. The van der Waals surface area contributed by atoms with E-state index >= 15 is 0 Å². The molecule has 2 fully saturated rings. The Morgan fingerprint density at radius 3 is 1.36 bits per heavy atom. The average Bonchev–Trinajstić information content (AvgIpc) is 2.50. The van der Waals surface area contributed by atoms with Crippen LogP contribution in [0.3, 0.4) is 0 Å². The average molecular weight is 494 g/mol. The normalized spacial score (nSPS) is 23.5. The second-order valence-electron chi connectivity index (χ2n) is 9.93. The van der Waals surface area contributed by atoms with Crippen molar-refractivity contribution in [3.05, 3.63) is 33.4 Å². The molecule has 0 aliphatic heterocycles. The van der Waals surface area contributed by atoms with Gasteiger partial charge in [-0.25, -0.2) is 0 Å². The smallest absolute Gasteiger partial charge is 0.144 e. The first-order valence-electron chi connectivity index (χ1n) is 9.77. The van der Waals surface area contributed by atoms with Crippen LogP contribution >= 0.6 is 22.6 Å². The molecule has 28 heavy (non-hydrogen) atoms. The van der Waals surface area contributed by atoms with Crippen molar-refractivity contribution in [2.75, 3.05) is 0 Å². The van der Waals surface area contributed by atoms with E-state index in [1.54, 1.807) is 0 Å². The summed E-state index contributed by atoms with van der Waals surface area (Å²) in [5.41, 5.74) is -0.00788. The van der Waals surface area contributed by atoms with Gasteiger partial charge in [0, 0.05) is 35.2 Å². The van der Waals surface area contributed by atoms with E-state index in [4.69, 9.17) is 0 Å². The molecule has 0 bridgehead atoms. The SMILES string of the molecule is CC1(C)CC(=O)C(C(c2ccc(I)cc2)C2C(=O)CC(C)(C)CC2=O)C(=O)C1. The molecule has 0 saturated heterocycles. The summed E-state index contributed by atoms with van der Waals surface area (Å²) in [6.45, 7) is 7.66. The van der Waals surface area contributed by atoms with Crippen molar-refractivity contribution < 1.29 is 19.2 Å². The summed E-state index contributed by atoms with van der Waals surface area (Å²) in [6, 6.07) is 7.50. The topological polar surface area (TPSA) is 68.3 Å². The summed E-state index contributed by atoms with van der Waals surface area (Å²) >= 11 is 2.19. The van der Waals surface area contributed by atoms with Gasteiger partial charge in [-0.3, -0.25) is 19.2 Å². The van der Waals surface area contributed by atoms with Crippen molar-refractivity contribution in [1.82, 2.24) is 0 Å². The predicted octanol–water partition coefficient (Wildman–Crippen LogP) is 4.52. The van der Waals surface area contributed by atoms with Crippen LogP contribution in [0.25, 0.3) is 0 Å². The Kier molecular flexibility index (Phi) is 5.69. The molecule has 0 aromatic heterocycles. The van der Waals surface area contributed by atoms with Gasteiger partial charge in [-0.2, -0.15) is 0 Å². The van der Waals surface area contributed by atoms with Crippen LogP contribution in [0.15, 0.2) is 24.3 Å². The number of carbonyl (C=O) groups excluding carboxylic acids is 4. The Hall–Kier alpha value is -1.37. The number of rotatable bonds is 3. The summed E-state index contributed by atoms with van der Waals surface area (Å²) < 4.78 is 1.02. The van der Waals surface area contributed by atoms with Crippen LogP contribution in [0.1, 0.15) is 64.9 Å². The van der Waals surface area contributed by atoms with Crippen LogP contribution in [-0.2, 0) is 19.2 Å². The molecule has 1 aromatic carbocycles. The molecular weight excluding hydrogens is 467 g/mol. The quantitative estimate of drug-likeness (QED) is 0.458. The molecule has 0 atom stereocenters. The largest absolute Gasteiger partial charge is 0.299 e. The van der Waals surface area contributed by atoms with E-state index in [0.29, 0.717) is 25.7 Å². The zero-order valence-electron chi connectivity index (χ0n) is 16.9. The fraction of sp³-hybridized carbons (Fsp3) is 0.565. The fourth-order valence-electron chi connectivity index (χ4n) is 4.87. The highest BCUT2D eigenvalue weighted by atomic mass is 127. The minimum atomic E-state index is -0.910. The monoisotopic (exact) mass is 494 g/mol. The summed E-state index contributed by atoms with van der Waals surface area (Å²) in [4.78, 5) is 52.2. The van der Waals surface area contributed by atoms with Gasteiger partial charge in [0.05, 0.1) is 11.8 Å². The lowest BCUT2D eigenvalue weighted by molar-refractivity contribution is -0.145. The van der Waals surface area contributed by atoms with Gasteiger partial charge in [0.15, 0.2) is 0 Å². The third-order valence-electron chi connectivity index (χ3n) is 5.97. The maximum atomic E-state index is 13.0. The molecule has 4 nitrogen and oxygen atoms in total. The zero-order valence-corrected chi connectivity index (χ0v) is 19.0. The highest BCUT2D eigenvalue weighted by Crippen LogP contribution is 2.47. The van der Waals surface area contributed by atoms with Gasteiger partial charge in [-0.15, -0.1) is 0 Å². The highest BCUT2D eigenvalue weighted by molar-refractivity contribution is 14.1. The lowest BCUT2D eigenvalue weighted by atomic mass is 9.59. The van der Waals surface area contributed by atoms with Crippen LogP contribution in [0, 0.1) is 26.2 Å². The summed E-state index contributed by atoms with van der Waals surface area (Å²) in [6.07, 6.45) is 1.19. The molecule has 2 aliphatic carbocycles. The molecule has 1 aromatic rings. The lowest BCUT2D eigenvalue weighted by Crippen LogP contribution is -2.48. The number of benzene rings is 1. The first kappa shape index (κ1) is 21.3.